The van der Waals surface area contributed by atoms with Crippen LogP contribution < -0.4 is 16.0 Å². The molecule has 0 fully saturated rings. The number of rotatable bonds is 9. The number of alkyl halides is 3. The van der Waals surface area contributed by atoms with E-state index in [-0.39, 0.29) is 30.5 Å². The molecule has 4 N–H and O–H groups in total. The van der Waals surface area contributed by atoms with Crippen LogP contribution >= 0.6 is 24.0 Å². The van der Waals surface area contributed by atoms with Crippen molar-refractivity contribution in [3.05, 3.63) is 41.9 Å². The van der Waals surface area contributed by atoms with Gasteiger partial charge in [0, 0.05) is 44.6 Å². The lowest BCUT2D eigenvalue weighted by Crippen LogP contribution is -2.39. The molecule has 8 nitrogen and oxygen atoms in total. The van der Waals surface area contributed by atoms with Crippen molar-refractivity contribution in [1.29, 1.82) is 0 Å². The number of pyridine rings is 1. The summed E-state index contributed by atoms with van der Waals surface area (Å²) in [5.74, 6) is 0.949. The zero-order valence-corrected chi connectivity index (χ0v) is 20.0. The maximum atomic E-state index is 12.5. The van der Waals surface area contributed by atoms with Crippen LogP contribution in [0.25, 0.3) is 0 Å². The summed E-state index contributed by atoms with van der Waals surface area (Å²) in [4.78, 5) is 8.20. The first-order valence-electron chi connectivity index (χ1n) is 9.62. The molecule has 0 bridgehead atoms. The Balaban J connectivity index is 0.00000480. The SMILES string of the molecule is CCNC(=NCC(C)(O)c1cnn(C)c1)NCCCNc1ccc(C(F)(F)F)cn1.I. The molecule has 0 saturated heterocycles. The van der Waals surface area contributed by atoms with Crippen LogP contribution in [0.3, 0.4) is 0 Å². The summed E-state index contributed by atoms with van der Waals surface area (Å²) in [6.07, 6.45) is 0.462. The molecular weight excluding hydrogens is 526 g/mol. The summed E-state index contributed by atoms with van der Waals surface area (Å²) < 4.78 is 39.2. The molecule has 0 aliphatic rings. The van der Waals surface area contributed by atoms with Gasteiger partial charge in [-0.25, -0.2) is 9.98 Å². The number of anilines is 1. The van der Waals surface area contributed by atoms with Crippen molar-refractivity contribution in [2.75, 3.05) is 31.5 Å². The zero-order valence-electron chi connectivity index (χ0n) is 17.7. The molecule has 0 radical (unpaired) electrons. The second-order valence-corrected chi connectivity index (χ2v) is 7.01. The molecule has 1 unspecified atom stereocenters. The maximum absolute atomic E-state index is 12.5. The minimum absolute atomic E-state index is 0. The number of nitrogens with one attached hydrogen (secondary N) is 3. The van der Waals surface area contributed by atoms with E-state index in [1.807, 2.05) is 6.92 Å². The second-order valence-electron chi connectivity index (χ2n) is 7.01. The Hall–Kier alpha value is -2.09. The van der Waals surface area contributed by atoms with E-state index in [2.05, 4.69) is 31.0 Å². The normalized spacial score (nSPS) is 13.8. The highest BCUT2D eigenvalue weighted by molar-refractivity contribution is 14.0. The molecule has 174 valence electrons. The monoisotopic (exact) mass is 555 g/mol. The van der Waals surface area contributed by atoms with E-state index < -0.39 is 17.3 Å². The van der Waals surface area contributed by atoms with Crippen molar-refractivity contribution in [2.45, 2.75) is 32.0 Å². The molecule has 0 amide bonds. The van der Waals surface area contributed by atoms with Gasteiger partial charge in [-0.2, -0.15) is 18.3 Å². The lowest BCUT2D eigenvalue weighted by Gasteiger charge is -2.20. The number of aliphatic imine (C=N–C) groups is 1. The molecule has 0 saturated carbocycles. The fraction of sp³-hybridized carbons (Fsp3) is 0.526. The third kappa shape index (κ3) is 8.89. The third-order valence-corrected chi connectivity index (χ3v) is 4.26. The second kappa shape index (κ2) is 12.1. The molecule has 1 atom stereocenters. The Kier molecular flexibility index (Phi) is 10.5. The van der Waals surface area contributed by atoms with Crippen LogP contribution in [0.1, 0.15) is 31.4 Å². The molecule has 0 aliphatic heterocycles. The van der Waals surface area contributed by atoms with E-state index in [1.54, 1.807) is 31.0 Å². The minimum atomic E-state index is -4.39. The van der Waals surface area contributed by atoms with E-state index >= 15 is 0 Å². The van der Waals surface area contributed by atoms with Gasteiger partial charge < -0.3 is 21.1 Å². The van der Waals surface area contributed by atoms with Gasteiger partial charge >= 0.3 is 6.18 Å². The van der Waals surface area contributed by atoms with Crippen LogP contribution in [0.5, 0.6) is 0 Å². The summed E-state index contributed by atoms with van der Waals surface area (Å²) in [7, 11) is 1.78. The number of halogens is 4. The van der Waals surface area contributed by atoms with Crippen molar-refractivity contribution in [2.24, 2.45) is 12.0 Å². The predicted octanol–water partition coefficient (Wildman–Crippen LogP) is 2.72. The Morgan fingerprint density at radius 1 is 1.16 bits per heavy atom. The Morgan fingerprint density at radius 2 is 1.90 bits per heavy atom. The van der Waals surface area contributed by atoms with Crippen molar-refractivity contribution >= 4 is 35.8 Å². The summed E-state index contributed by atoms with van der Waals surface area (Å²) in [6.45, 7) is 5.54. The standard InChI is InChI=1S/C19H28F3N7O.HI/c1-4-23-17(27-13-18(2,30)15-11-28-29(3)12-15)25-9-5-8-24-16-7-6-14(10-26-16)19(20,21)22;/h6-7,10-12,30H,4-5,8-9,13H2,1-3H3,(H,24,26)(H2,23,25,27);1H. The van der Waals surface area contributed by atoms with Gasteiger partial charge in [-0.1, -0.05) is 0 Å². The lowest BCUT2D eigenvalue weighted by molar-refractivity contribution is -0.137. The van der Waals surface area contributed by atoms with E-state index in [9.17, 15) is 18.3 Å². The van der Waals surface area contributed by atoms with Crippen LogP contribution in [0.4, 0.5) is 19.0 Å². The molecule has 0 aliphatic carbocycles. The molecule has 0 spiro atoms. The van der Waals surface area contributed by atoms with Crippen LogP contribution in [0, 0.1) is 0 Å². The fourth-order valence-corrected chi connectivity index (χ4v) is 2.54. The molecule has 12 heteroatoms. The molecule has 0 aromatic carbocycles. The van der Waals surface area contributed by atoms with E-state index in [0.29, 0.717) is 43.4 Å². The lowest BCUT2D eigenvalue weighted by atomic mass is 10.0. The van der Waals surface area contributed by atoms with Crippen LogP contribution in [0.15, 0.2) is 35.7 Å². The molecule has 2 rings (SSSR count). The van der Waals surface area contributed by atoms with Crippen LogP contribution in [0.2, 0.25) is 0 Å². The number of nitrogens with zero attached hydrogens (tertiary/aromatic N) is 4. The average Bonchev–Trinajstić information content (AvgIpc) is 3.13. The van der Waals surface area contributed by atoms with Gasteiger partial charge in [0.2, 0.25) is 0 Å². The first-order valence-corrected chi connectivity index (χ1v) is 9.62. The predicted molar refractivity (Wildman–Crippen MR) is 125 cm³/mol. The number of hydrogen-bond acceptors (Lipinski definition) is 5. The topological polar surface area (TPSA) is 99.4 Å². The zero-order chi connectivity index (χ0) is 22.2. The molecule has 2 aromatic rings. The molecule has 2 aromatic heterocycles. The maximum Gasteiger partial charge on any atom is 0.417 e. The van der Waals surface area contributed by atoms with Crippen molar-refractivity contribution in [1.82, 2.24) is 25.4 Å². The highest BCUT2D eigenvalue weighted by Crippen LogP contribution is 2.28. The average molecular weight is 555 g/mol. The molecular formula is C19H29F3IN7O. The van der Waals surface area contributed by atoms with Gasteiger partial charge in [0.1, 0.15) is 11.4 Å². The Morgan fingerprint density at radius 3 is 2.45 bits per heavy atom. The molecule has 2 heterocycles. The number of aromatic nitrogens is 3. The van der Waals surface area contributed by atoms with Crippen molar-refractivity contribution in [3.63, 3.8) is 0 Å². The van der Waals surface area contributed by atoms with Crippen molar-refractivity contribution in [3.8, 4) is 0 Å². The Bertz CT molecular complexity index is 823. The first kappa shape index (κ1) is 26.9. The number of aliphatic hydroxyl groups is 1. The summed E-state index contributed by atoms with van der Waals surface area (Å²) in [5.41, 5.74) is -1.24. The van der Waals surface area contributed by atoms with Gasteiger partial charge in [0.05, 0.1) is 18.3 Å². The van der Waals surface area contributed by atoms with E-state index in [4.69, 9.17) is 0 Å². The summed E-state index contributed by atoms with van der Waals surface area (Å²) >= 11 is 0. The molecule has 31 heavy (non-hydrogen) atoms. The quantitative estimate of drug-likeness (QED) is 0.165. The van der Waals surface area contributed by atoms with Gasteiger partial charge in [-0.15, -0.1) is 24.0 Å². The minimum Gasteiger partial charge on any atom is -0.383 e. The van der Waals surface area contributed by atoms with Crippen LogP contribution in [-0.2, 0) is 18.8 Å². The van der Waals surface area contributed by atoms with Gasteiger partial charge in [-0.05, 0) is 32.4 Å². The highest BCUT2D eigenvalue weighted by Gasteiger charge is 2.30. The summed E-state index contributed by atoms with van der Waals surface area (Å²) in [5, 5.41) is 23.9. The highest BCUT2D eigenvalue weighted by atomic mass is 127. The van der Waals surface area contributed by atoms with Crippen LogP contribution in [-0.4, -0.2) is 52.0 Å². The summed E-state index contributed by atoms with van der Waals surface area (Å²) in [6, 6.07) is 2.31. The van der Waals surface area contributed by atoms with Gasteiger partial charge in [-0.3, -0.25) is 4.68 Å². The Labute approximate surface area is 196 Å². The number of aryl methyl sites for hydroxylation is 1. The van der Waals surface area contributed by atoms with Crippen molar-refractivity contribution < 1.29 is 18.3 Å². The van der Waals surface area contributed by atoms with Gasteiger partial charge in [0.15, 0.2) is 5.96 Å². The van der Waals surface area contributed by atoms with Gasteiger partial charge in [0.25, 0.3) is 0 Å². The first-order chi connectivity index (χ1) is 14.1. The number of hydrogen-bond donors (Lipinski definition) is 4. The van der Waals surface area contributed by atoms with E-state index in [0.717, 1.165) is 12.3 Å². The van der Waals surface area contributed by atoms with E-state index in [1.165, 1.54) is 6.07 Å². The third-order valence-electron chi connectivity index (χ3n) is 4.26. The number of guanidine groups is 1. The smallest absolute Gasteiger partial charge is 0.383 e. The largest absolute Gasteiger partial charge is 0.417 e. The fourth-order valence-electron chi connectivity index (χ4n) is 2.54.